The summed E-state index contributed by atoms with van der Waals surface area (Å²) in [7, 11) is 0. The zero-order valence-electron chi connectivity index (χ0n) is 22.6. The minimum Gasteiger partial charge on any atom is -0.444 e. The van der Waals surface area contributed by atoms with Crippen LogP contribution in [0.5, 0.6) is 0 Å². The van der Waals surface area contributed by atoms with Gasteiger partial charge in [0.15, 0.2) is 0 Å². The molecule has 4 amide bonds. The van der Waals surface area contributed by atoms with E-state index in [4.69, 9.17) is 10.5 Å². The van der Waals surface area contributed by atoms with Gasteiger partial charge in [-0.25, -0.2) is 4.79 Å². The zero-order chi connectivity index (χ0) is 27.8. The number of fused-ring (bicyclic) bond motifs is 1. The number of hydrogen-bond donors (Lipinski definition) is 4. The number of benzene rings is 2. The van der Waals surface area contributed by atoms with Crippen molar-refractivity contribution in [3.8, 4) is 0 Å². The molecule has 2 aromatic carbocycles. The maximum atomic E-state index is 13.4. The molecule has 0 heterocycles. The van der Waals surface area contributed by atoms with E-state index in [9.17, 15) is 19.2 Å². The number of amides is 4. The van der Waals surface area contributed by atoms with Crippen LogP contribution in [-0.4, -0.2) is 47.5 Å². The van der Waals surface area contributed by atoms with Gasteiger partial charge in [0.05, 0.1) is 6.42 Å². The van der Waals surface area contributed by atoms with Crippen LogP contribution in [0.25, 0.3) is 10.8 Å². The van der Waals surface area contributed by atoms with E-state index in [1.165, 1.54) is 10.9 Å². The second-order valence-electron chi connectivity index (χ2n) is 11.0. The highest BCUT2D eigenvalue weighted by molar-refractivity contribution is 5.96. The lowest BCUT2D eigenvalue weighted by molar-refractivity contribution is -0.135. The van der Waals surface area contributed by atoms with Crippen LogP contribution in [-0.2, 0) is 25.5 Å². The van der Waals surface area contributed by atoms with E-state index >= 15 is 0 Å². The summed E-state index contributed by atoms with van der Waals surface area (Å²) < 4.78 is 5.38. The number of carbonyl (C=O) groups is 4. The second-order valence-corrected chi connectivity index (χ2v) is 11.0. The van der Waals surface area contributed by atoms with E-state index in [1.54, 1.807) is 20.8 Å². The first kappa shape index (κ1) is 28.9. The molecule has 1 saturated carbocycles. The number of carbonyl (C=O) groups excluding carboxylic acids is 4. The molecule has 5 N–H and O–H groups in total. The maximum Gasteiger partial charge on any atom is 0.408 e. The third-order valence-electron chi connectivity index (χ3n) is 6.71. The minimum atomic E-state index is -1.22. The first-order chi connectivity index (χ1) is 18.0. The molecule has 0 bridgehead atoms. The van der Waals surface area contributed by atoms with Gasteiger partial charge in [0, 0.05) is 6.54 Å². The summed E-state index contributed by atoms with van der Waals surface area (Å²) in [4.78, 5) is 50.7. The van der Waals surface area contributed by atoms with E-state index in [-0.39, 0.29) is 6.42 Å². The van der Waals surface area contributed by atoms with Crippen LogP contribution in [0.3, 0.4) is 0 Å². The summed E-state index contributed by atoms with van der Waals surface area (Å²) in [5.41, 5.74) is 4.64. The topological polar surface area (TPSA) is 140 Å². The Morgan fingerprint density at radius 2 is 1.68 bits per heavy atom. The van der Waals surface area contributed by atoms with Gasteiger partial charge in [-0.05, 0) is 62.8 Å². The Hall–Kier alpha value is -3.62. The van der Waals surface area contributed by atoms with Crippen molar-refractivity contribution in [2.24, 2.45) is 5.73 Å². The lowest BCUT2D eigenvalue weighted by Crippen LogP contribution is -2.63. The molecular weight excluding hydrogens is 484 g/mol. The number of nitrogens with two attached hydrogens (primary N) is 1. The molecule has 206 valence electrons. The molecule has 0 aromatic heterocycles. The molecule has 1 fully saturated rings. The van der Waals surface area contributed by atoms with Gasteiger partial charge in [-0.1, -0.05) is 61.7 Å². The number of rotatable bonds is 10. The Morgan fingerprint density at radius 3 is 2.37 bits per heavy atom. The van der Waals surface area contributed by atoms with Crippen LogP contribution < -0.4 is 21.7 Å². The summed E-state index contributed by atoms with van der Waals surface area (Å²) in [6.07, 6.45) is 3.64. The molecule has 0 unspecified atom stereocenters. The molecule has 0 radical (unpaired) electrons. The quantitative estimate of drug-likeness (QED) is 0.352. The van der Waals surface area contributed by atoms with Crippen LogP contribution >= 0.6 is 0 Å². The first-order valence-electron chi connectivity index (χ1n) is 13.3. The van der Waals surface area contributed by atoms with Crippen LogP contribution in [0.2, 0.25) is 0 Å². The molecule has 38 heavy (non-hydrogen) atoms. The number of primary amides is 1. The molecule has 9 heteroatoms. The van der Waals surface area contributed by atoms with Crippen molar-refractivity contribution >= 4 is 34.6 Å². The highest BCUT2D eigenvalue weighted by Gasteiger charge is 2.43. The lowest BCUT2D eigenvalue weighted by Gasteiger charge is -2.37. The van der Waals surface area contributed by atoms with E-state index in [2.05, 4.69) is 40.2 Å². The monoisotopic (exact) mass is 524 g/mol. The number of hydrogen-bond acceptors (Lipinski definition) is 5. The highest BCUT2D eigenvalue weighted by Crippen LogP contribution is 2.29. The van der Waals surface area contributed by atoms with Crippen molar-refractivity contribution in [2.75, 3.05) is 6.54 Å². The van der Waals surface area contributed by atoms with Gasteiger partial charge in [-0.2, -0.15) is 0 Å². The smallest absolute Gasteiger partial charge is 0.408 e. The fourth-order valence-corrected chi connectivity index (χ4v) is 4.89. The minimum absolute atomic E-state index is 0.344. The largest absolute Gasteiger partial charge is 0.444 e. The molecule has 1 aliphatic rings. The van der Waals surface area contributed by atoms with Crippen molar-refractivity contribution in [1.82, 2.24) is 16.0 Å². The SMILES string of the molecule is CC(C)(C)OC(=O)NC1(C(=O)N[C@@H](CC(N)=O)C(=O)NCCCc2cccc3ccccc23)CCCCC1. The predicted octanol–water partition coefficient (Wildman–Crippen LogP) is 3.48. The highest BCUT2D eigenvalue weighted by atomic mass is 16.6. The summed E-state index contributed by atoms with van der Waals surface area (Å²) in [5.74, 6) is -1.71. The molecule has 0 saturated heterocycles. The van der Waals surface area contributed by atoms with Gasteiger partial charge in [-0.3, -0.25) is 14.4 Å². The summed E-state index contributed by atoms with van der Waals surface area (Å²) in [6, 6.07) is 13.2. The van der Waals surface area contributed by atoms with Gasteiger partial charge in [0.1, 0.15) is 17.2 Å². The Labute approximate surface area is 224 Å². The molecule has 9 nitrogen and oxygen atoms in total. The van der Waals surface area contributed by atoms with Crippen molar-refractivity contribution in [2.45, 2.75) is 89.3 Å². The molecule has 1 atom stereocenters. The number of aryl methyl sites for hydroxylation is 1. The summed E-state index contributed by atoms with van der Waals surface area (Å²) >= 11 is 0. The predicted molar refractivity (Wildman–Crippen MR) is 146 cm³/mol. The van der Waals surface area contributed by atoms with Gasteiger partial charge in [0.2, 0.25) is 17.7 Å². The fraction of sp³-hybridized carbons (Fsp3) is 0.517. The lowest BCUT2D eigenvalue weighted by atomic mass is 9.80. The van der Waals surface area contributed by atoms with Crippen LogP contribution in [0, 0.1) is 0 Å². The van der Waals surface area contributed by atoms with E-state index in [1.807, 2.05) is 18.2 Å². The van der Waals surface area contributed by atoms with Crippen molar-refractivity contribution in [1.29, 1.82) is 0 Å². The average molecular weight is 525 g/mol. The zero-order valence-corrected chi connectivity index (χ0v) is 22.6. The Morgan fingerprint density at radius 1 is 1.00 bits per heavy atom. The van der Waals surface area contributed by atoms with Gasteiger partial charge >= 0.3 is 6.09 Å². The normalized spacial score (nSPS) is 15.8. The molecule has 1 aliphatic carbocycles. The summed E-state index contributed by atoms with van der Waals surface area (Å²) in [5, 5.41) is 10.6. The van der Waals surface area contributed by atoms with Crippen LogP contribution in [0.4, 0.5) is 4.79 Å². The van der Waals surface area contributed by atoms with E-state index in [0.717, 1.165) is 31.1 Å². The van der Waals surface area contributed by atoms with Crippen molar-refractivity contribution < 1.29 is 23.9 Å². The molecule has 2 aromatic rings. The average Bonchev–Trinajstić information content (AvgIpc) is 2.85. The van der Waals surface area contributed by atoms with E-state index in [0.29, 0.717) is 25.8 Å². The summed E-state index contributed by atoms with van der Waals surface area (Å²) in [6.45, 7) is 5.60. The van der Waals surface area contributed by atoms with Gasteiger partial charge in [0.25, 0.3) is 0 Å². The third-order valence-corrected chi connectivity index (χ3v) is 6.71. The maximum absolute atomic E-state index is 13.4. The Bertz CT molecular complexity index is 1150. The number of nitrogens with one attached hydrogen (secondary N) is 3. The standard InChI is InChI=1S/C29H40N4O5/c1-28(2,3)38-27(37)33-29(16-7-4-8-17-29)26(36)32-23(19-24(30)34)25(35)31-18-10-14-21-13-9-12-20-11-5-6-15-22(20)21/h5-6,9,11-13,15,23H,4,7-8,10,14,16-19H2,1-3H3,(H2,30,34)(H,31,35)(H,32,36)(H,33,37)/t23-/m0/s1. The first-order valence-corrected chi connectivity index (χ1v) is 13.3. The third kappa shape index (κ3) is 8.19. The second kappa shape index (κ2) is 12.8. The molecule has 0 spiro atoms. The Kier molecular flexibility index (Phi) is 9.72. The Balaban J connectivity index is 1.62. The van der Waals surface area contributed by atoms with Gasteiger partial charge < -0.3 is 26.4 Å². The van der Waals surface area contributed by atoms with Crippen LogP contribution in [0.1, 0.15) is 71.3 Å². The number of ether oxygens (including phenoxy) is 1. The molecular formula is C29H40N4O5. The van der Waals surface area contributed by atoms with Crippen molar-refractivity contribution in [3.63, 3.8) is 0 Å². The molecule has 3 rings (SSSR count). The number of alkyl carbamates (subject to hydrolysis) is 1. The molecule has 0 aliphatic heterocycles. The van der Waals surface area contributed by atoms with E-state index < -0.39 is 41.0 Å². The van der Waals surface area contributed by atoms with Crippen LogP contribution in [0.15, 0.2) is 42.5 Å². The van der Waals surface area contributed by atoms with Crippen molar-refractivity contribution in [3.05, 3.63) is 48.0 Å². The fourth-order valence-electron chi connectivity index (χ4n) is 4.89. The van der Waals surface area contributed by atoms with Gasteiger partial charge in [-0.15, -0.1) is 0 Å².